The molecule has 0 saturated carbocycles. The number of carbonyl (C=O) groups is 1. The normalized spacial score (nSPS) is 17.7. The molecule has 0 aliphatic carbocycles. The maximum Gasteiger partial charge on any atom is 0.264 e. The lowest BCUT2D eigenvalue weighted by atomic mass is 10.0. The van der Waals surface area contributed by atoms with Crippen LogP contribution in [-0.4, -0.2) is 36.3 Å². The van der Waals surface area contributed by atoms with E-state index in [0.29, 0.717) is 13.0 Å². The first-order valence-electron chi connectivity index (χ1n) is 6.31. The third kappa shape index (κ3) is 4.28. The molecule has 1 aromatic rings. The van der Waals surface area contributed by atoms with Gasteiger partial charge in [0.25, 0.3) is 5.91 Å². The van der Waals surface area contributed by atoms with Crippen molar-refractivity contribution >= 4 is 23.4 Å². The van der Waals surface area contributed by atoms with Gasteiger partial charge in [0, 0.05) is 25.1 Å². The van der Waals surface area contributed by atoms with Crippen LogP contribution < -0.4 is 5.32 Å². The van der Waals surface area contributed by atoms with E-state index >= 15 is 0 Å². The summed E-state index contributed by atoms with van der Waals surface area (Å²) in [5, 5.41) is 6.86. The second-order valence-electron chi connectivity index (χ2n) is 4.40. The molecule has 0 unspecified atom stereocenters. The zero-order chi connectivity index (χ0) is 13.5. The van der Waals surface area contributed by atoms with E-state index < -0.39 is 6.10 Å². The smallest absolute Gasteiger partial charge is 0.264 e. The Morgan fingerprint density at radius 1 is 1.47 bits per heavy atom. The Kier molecular flexibility index (Phi) is 5.27. The van der Waals surface area contributed by atoms with Crippen molar-refractivity contribution in [2.75, 3.05) is 18.6 Å². The van der Waals surface area contributed by atoms with Gasteiger partial charge in [0.2, 0.25) is 6.10 Å². The number of hydrogen-bond donors (Lipinski definition) is 1. The number of nitrogens with zero attached hydrogens (tertiary/aromatic N) is 1. The molecule has 0 aromatic heterocycles. The summed E-state index contributed by atoms with van der Waals surface area (Å²) in [4.78, 5) is 17.0. The van der Waals surface area contributed by atoms with Crippen molar-refractivity contribution in [2.45, 2.75) is 18.9 Å². The zero-order valence-electron chi connectivity index (χ0n) is 11.0. The molecular weight excluding hydrogens is 260 g/mol. The van der Waals surface area contributed by atoms with Crippen LogP contribution >= 0.6 is 11.8 Å². The van der Waals surface area contributed by atoms with Crippen molar-refractivity contribution in [3.63, 3.8) is 0 Å². The van der Waals surface area contributed by atoms with E-state index in [0.717, 1.165) is 17.9 Å². The van der Waals surface area contributed by atoms with E-state index in [2.05, 4.69) is 10.5 Å². The average Bonchev–Trinajstić information content (AvgIpc) is 2.89. The fourth-order valence-electron chi connectivity index (χ4n) is 1.89. The van der Waals surface area contributed by atoms with Crippen LogP contribution in [-0.2, 0) is 16.1 Å². The van der Waals surface area contributed by atoms with Gasteiger partial charge in [-0.15, -0.1) is 0 Å². The lowest BCUT2D eigenvalue weighted by Gasteiger charge is -2.08. The predicted octanol–water partition coefficient (Wildman–Crippen LogP) is 1.85. The van der Waals surface area contributed by atoms with Crippen LogP contribution in [0.3, 0.4) is 0 Å². The summed E-state index contributed by atoms with van der Waals surface area (Å²) < 4.78 is 0. The van der Waals surface area contributed by atoms with Crippen molar-refractivity contribution in [1.82, 2.24) is 5.32 Å². The highest BCUT2D eigenvalue weighted by molar-refractivity contribution is 7.98. The first kappa shape index (κ1) is 13.9. The molecule has 0 fully saturated rings. The highest BCUT2D eigenvalue weighted by atomic mass is 32.2. The second kappa shape index (κ2) is 7.19. The van der Waals surface area contributed by atoms with E-state index in [4.69, 9.17) is 4.84 Å². The van der Waals surface area contributed by atoms with Crippen LogP contribution in [0.25, 0.3) is 0 Å². The van der Waals surface area contributed by atoms with Gasteiger partial charge >= 0.3 is 0 Å². The fraction of sp³-hybridized carbons (Fsp3) is 0.429. The number of amides is 1. The van der Waals surface area contributed by atoms with Crippen molar-refractivity contribution in [3.05, 3.63) is 35.9 Å². The molecule has 1 N–H and O–H groups in total. The highest BCUT2D eigenvalue weighted by Gasteiger charge is 2.27. The summed E-state index contributed by atoms with van der Waals surface area (Å²) in [6.45, 7) is 0.674. The predicted molar refractivity (Wildman–Crippen MR) is 78.5 cm³/mol. The SMILES string of the molecule is CSCCNC(=O)[C@H]1CC(Cc2ccccc2)=NO1. The quantitative estimate of drug-likeness (QED) is 0.808. The molecule has 19 heavy (non-hydrogen) atoms. The molecule has 0 spiro atoms. The average molecular weight is 278 g/mol. The maximum absolute atomic E-state index is 11.8. The first-order chi connectivity index (χ1) is 9.29. The molecule has 2 rings (SSSR count). The van der Waals surface area contributed by atoms with Gasteiger partial charge < -0.3 is 10.2 Å². The Balaban J connectivity index is 1.77. The van der Waals surface area contributed by atoms with Gasteiger partial charge in [0.05, 0.1) is 5.71 Å². The number of hydrogen-bond acceptors (Lipinski definition) is 4. The Labute approximate surface area is 117 Å². The van der Waals surface area contributed by atoms with Gasteiger partial charge in [-0.25, -0.2) is 0 Å². The summed E-state index contributed by atoms with van der Waals surface area (Å²) >= 11 is 1.70. The molecule has 4 nitrogen and oxygen atoms in total. The minimum Gasteiger partial charge on any atom is -0.382 e. The Hall–Kier alpha value is -1.49. The maximum atomic E-state index is 11.8. The van der Waals surface area contributed by atoms with Crippen LogP contribution in [0.4, 0.5) is 0 Å². The first-order valence-corrected chi connectivity index (χ1v) is 7.71. The minimum absolute atomic E-state index is 0.0686. The molecule has 1 amide bonds. The fourth-order valence-corrected chi connectivity index (χ4v) is 2.20. The van der Waals surface area contributed by atoms with E-state index in [1.165, 1.54) is 5.56 Å². The highest BCUT2D eigenvalue weighted by Crippen LogP contribution is 2.14. The monoisotopic (exact) mass is 278 g/mol. The van der Waals surface area contributed by atoms with Crippen LogP contribution in [0.5, 0.6) is 0 Å². The van der Waals surface area contributed by atoms with Gasteiger partial charge in [-0.05, 0) is 11.8 Å². The van der Waals surface area contributed by atoms with Crippen LogP contribution in [0, 0.1) is 0 Å². The molecule has 0 radical (unpaired) electrons. The number of oxime groups is 1. The molecule has 102 valence electrons. The molecule has 0 bridgehead atoms. The van der Waals surface area contributed by atoms with Crippen molar-refractivity contribution in [3.8, 4) is 0 Å². The molecule has 1 atom stereocenters. The standard InChI is InChI=1S/C14H18N2O2S/c1-19-8-7-15-14(17)13-10-12(16-18-13)9-11-5-3-2-4-6-11/h2-6,13H,7-10H2,1H3,(H,15,17)/t13-/m1/s1. The van der Waals surface area contributed by atoms with Crippen molar-refractivity contribution in [2.24, 2.45) is 5.16 Å². The Morgan fingerprint density at radius 2 is 2.26 bits per heavy atom. The van der Waals surface area contributed by atoms with Gasteiger partial charge in [-0.2, -0.15) is 11.8 Å². The lowest BCUT2D eigenvalue weighted by Crippen LogP contribution is -2.36. The summed E-state index contributed by atoms with van der Waals surface area (Å²) in [5.41, 5.74) is 2.12. The van der Waals surface area contributed by atoms with Crippen LogP contribution in [0.15, 0.2) is 35.5 Å². The van der Waals surface area contributed by atoms with Gasteiger partial charge in [-0.3, -0.25) is 4.79 Å². The minimum atomic E-state index is -0.458. The Bertz CT molecular complexity index is 448. The second-order valence-corrected chi connectivity index (χ2v) is 5.39. The Morgan fingerprint density at radius 3 is 3.00 bits per heavy atom. The van der Waals surface area contributed by atoms with Gasteiger partial charge in [0.1, 0.15) is 0 Å². The van der Waals surface area contributed by atoms with E-state index in [-0.39, 0.29) is 5.91 Å². The summed E-state index contributed by atoms with van der Waals surface area (Å²) in [7, 11) is 0. The molecular formula is C14H18N2O2S. The van der Waals surface area contributed by atoms with E-state index in [1.807, 2.05) is 36.6 Å². The largest absolute Gasteiger partial charge is 0.382 e. The van der Waals surface area contributed by atoms with Gasteiger partial charge in [-0.1, -0.05) is 35.5 Å². The van der Waals surface area contributed by atoms with Gasteiger partial charge in [0.15, 0.2) is 0 Å². The number of thioether (sulfide) groups is 1. The molecule has 0 saturated heterocycles. The lowest BCUT2D eigenvalue weighted by molar-refractivity contribution is -0.131. The molecule has 5 heteroatoms. The summed E-state index contributed by atoms with van der Waals surface area (Å²) in [5.74, 6) is 0.844. The summed E-state index contributed by atoms with van der Waals surface area (Å²) in [6.07, 6.45) is 2.88. The molecule has 1 aliphatic rings. The third-order valence-electron chi connectivity index (χ3n) is 2.88. The molecule has 1 aliphatic heterocycles. The molecule has 1 aromatic carbocycles. The van der Waals surface area contributed by atoms with E-state index in [9.17, 15) is 4.79 Å². The van der Waals surface area contributed by atoms with Crippen LogP contribution in [0.2, 0.25) is 0 Å². The number of carbonyl (C=O) groups excluding carboxylic acids is 1. The third-order valence-corrected chi connectivity index (χ3v) is 3.49. The number of nitrogens with one attached hydrogen (secondary N) is 1. The van der Waals surface area contributed by atoms with E-state index in [1.54, 1.807) is 11.8 Å². The topological polar surface area (TPSA) is 50.7 Å². The van der Waals surface area contributed by atoms with Crippen molar-refractivity contribution in [1.29, 1.82) is 0 Å². The van der Waals surface area contributed by atoms with Crippen LogP contribution in [0.1, 0.15) is 12.0 Å². The zero-order valence-corrected chi connectivity index (χ0v) is 11.8. The molecule has 1 heterocycles. The number of benzene rings is 1. The number of rotatable bonds is 6. The van der Waals surface area contributed by atoms with Crippen molar-refractivity contribution < 1.29 is 9.63 Å². The summed E-state index contributed by atoms with van der Waals surface area (Å²) in [6, 6.07) is 10.1.